The van der Waals surface area contributed by atoms with E-state index in [9.17, 15) is 9.59 Å². The number of nitrogens with one attached hydrogen (secondary N) is 2. The second kappa shape index (κ2) is 10.7. The van der Waals surface area contributed by atoms with Crippen molar-refractivity contribution in [1.29, 1.82) is 0 Å². The summed E-state index contributed by atoms with van der Waals surface area (Å²) in [6.07, 6.45) is 1.32. The van der Waals surface area contributed by atoms with Crippen molar-refractivity contribution in [3.8, 4) is 0 Å². The largest absolute Gasteiger partial charge is 0.462 e. The van der Waals surface area contributed by atoms with Crippen molar-refractivity contribution in [3.05, 3.63) is 12.2 Å². The molecule has 0 aromatic carbocycles. The number of rotatable bonds is 9. The zero-order valence-corrected chi connectivity index (χ0v) is 11.9. The maximum Gasteiger partial charge on any atom is 0.333 e. The first-order chi connectivity index (χ1) is 8.93. The second-order valence-corrected chi connectivity index (χ2v) is 5.09. The zero-order valence-electron chi connectivity index (χ0n) is 11.0. The summed E-state index contributed by atoms with van der Waals surface area (Å²) in [4.78, 5) is 39.5. The maximum absolute atomic E-state index is 11.2. The molecule has 0 aromatic rings. The standard InChI is InChI=1S/C11H21N2O5P/c1-9(2)10(14)18-7-3-5-12-11(15)13-6-4-8-19(16)17/h16-17H,1,3-8H2,2H3,(H2,12,13,15). The van der Waals surface area contributed by atoms with E-state index in [2.05, 4.69) is 17.2 Å². The van der Waals surface area contributed by atoms with Gasteiger partial charge in [-0.05, 0) is 19.8 Å². The molecule has 0 aliphatic carbocycles. The predicted molar refractivity (Wildman–Crippen MR) is 72.6 cm³/mol. The molecule has 0 aliphatic heterocycles. The monoisotopic (exact) mass is 292 g/mol. The normalized spacial score (nSPS) is 10.1. The summed E-state index contributed by atoms with van der Waals surface area (Å²) in [5, 5.41) is 5.16. The van der Waals surface area contributed by atoms with Gasteiger partial charge in [-0.25, -0.2) is 9.59 Å². The van der Waals surface area contributed by atoms with Gasteiger partial charge in [0.25, 0.3) is 0 Å². The van der Waals surface area contributed by atoms with Crippen molar-refractivity contribution in [2.75, 3.05) is 25.9 Å². The van der Waals surface area contributed by atoms with E-state index >= 15 is 0 Å². The molecule has 0 bridgehead atoms. The molecule has 0 rings (SSSR count). The van der Waals surface area contributed by atoms with Gasteiger partial charge in [0.15, 0.2) is 8.38 Å². The molecule has 0 aliphatic rings. The Balaban J connectivity index is 3.39. The predicted octanol–water partition coefficient (Wildman–Crippen LogP) is 0.482. The van der Waals surface area contributed by atoms with Crippen LogP contribution in [-0.2, 0) is 9.53 Å². The van der Waals surface area contributed by atoms with Crippen LogP contribution in [-0.4, -0.2) is 47.6 Å². The first kappa shape index (κ1) is 17.8. The van der Waals surface area contributed by atoms with Gasteiger partial charge in [-0.1, -0.05) is 6.58 Å². The highest BCUT2D eigenvalue weighted by atomic mass is 31.2. The summed E-state index contributed by atoms with van der Waals surface area (Å²) in [7, 11) is -1.89. The van der Waals surface area contributed by atoms with Crippen molar-refractivity contribution in [3.63, 3.8) is 0 Å². The molecule has 2 amide bonds. The van der Waals surface area contributed by atoms with E-state index < -0.39 is 14.3 Å². The average molecular weight is 292 g/mol. The van der Waals surface area contributed by atoms with Crippen LogP contribution in [0, 0.1) is 0 Å². The van der Waals surface area contributed by atoms with Crippen LogP contribution in [0.3, 0.4) is 0 Å². The quantitative estimate of drug-likeness (QED) is 0.214. The minimum Gasteiger partial charge on any atom is -0.462 e. The van der Waals surface area contributed by atoms with Crippen molar-refractivity contribution in [2.45, 2.75) is 19.8 Å². The van der Waals surface area contributed by atoms with E-state index in [0.717, 1.165) is 0 Å². The number of carbonyl (C=O) groups excluding carboxylic acids is 2. The Morgan fingerprint density at radius 1 is 1.21 bits per heavy atom. The van der Waals surface area contributed by atoms with Gasteiger partial charge in [-0.3, -0.25) is 0 Å². The van der Waals surface area contributed by atoms with Crippen molar-refractivity contribution in [2.24, 2.45) is 0 Å². The molecule has 0 saturated carbocycles. The fourth-order valence-electron chi connectivity index (χ4n) is 1.05. The number of hydrogen-bond donors (Lipinski definition) is 4. The Bertz CT molecular complexity index is 309. The Hall–Kier alpha value is -1.17. The third-order valence-electron chi connectivity index (χ3n) is 2.01. The van der Waals surface area contributed by atoms with E-state index in [1.165, 1.54) is 0 Å². The molecule has 7 nitrogen and oxygen atoms in total. The van der Waals surface area contributed by atoms with Crippen LogP contribution in [0.4, 0.5) is 4.79 Å². The topological polar surface area (TPSA) is 108 Å². The van der Waals surface area contributed by atoms with Crippen LogP contribution in [0.5, 0.6) is 0 Å². The second-order valence-electron chi connectivity index (χ2n) is 3.90. The molecule has 19 heavy (non-hydrogen) atoms. The smallest absolute Gasteiger partial charge is 0.333 e. The summed E-state index contributed by atoms with van der Waals surface area (Å²) < 4.78 is 4.85. The molecule has 0 radical (unpaired) electrons. The van der Waals surface area contributed by atoms with E-state index in [1.54, 1.807) is 6.92 Å². The Morgan fingerprint density at radius 3 is 2.32 bits per heavy atom. The lowest BCUT2D eigenvalue weighted by Crippen LogP contribution is -2.37. The van der Waals surface area contributed by atoms with Crippen LogP contribution < -0.4 is 10.6 Å². The highest BCUT2D eigenvalue weighted by molar-refractivity contribution is 7.45. The highest BCUT2D eigenvalue weighted by Gasteiger charge is 2.03. The maximum atomic E-state index is 11.2. The molecular weight excluding hydrogens is 271 g/mol. The fourth-order valence-corrected chi connectivity index (χ4v) is 1.49. The summed E-state index contributed by atoms with van der Waals surface area (Å²) in [6, 6.07) is -0.327. The van der Waals surface area contributed by atoms with Gasteiger partial charge in [0.2, 0.25) is 0 Å². The molecule has 0 unspecified atom stereocenters. The van der Waals surface area contributed by atoms with Crippen LogP contribution >= 0.6 is 8.38 Å². The first-order valence-corrected chi connectivity index (χ1v) is 7.36. The van der Waals surface area contributed by atoms with Gasteiger partial charge in [-0.15, -0.1) is 0 Å². The van der Waals surface area contributed by atoms with Gasteiger partial charge in [-0.2, -0.15) is 0 Å². The molecule has 0 atom stereocenters. The molecule has 0 saturated heterocycles. The molecule has 0 heterocycles. The van der Waals surface area contributed by atoms with Crippen LogP contribution in [0.15, 0.2) is 12.2 Å². The molecular formula is C11H21N2O5P. The number of hydrogen-bond acceptors (Lipinski definition) is 5. The lowest BCUT2D eigenvalue weighted by molar-refractivity contribution is -0.138. The minimum atomic E-state index is -1.89. The van der Waals surface area contributed by atoms with E-state index in [-0.39, 0.29) is 18.8 Å². The van der Waals surface area contributed by atoms with Crippen LogP contribution in [0.1, 0.15) is 19.8 Å². The van der Waals surface area contributed by atoms with E-state index in [4.69, 9.17) is 14.5 Å². The van der Waals surface area contributed by atoms with Crippen molar-refractivity contribution in [1.82, 2.24) is 10.6 Å². The fraction of sp³-hybridized carbons (Fsp3) is 0.636. The molecule has 0 spiro atoms. The highest BCUT2D eigenvalue weighted by Crippen LogP contribution is 2.22. The number of esters is 1. The van der Waals surface area contributed by atoms with E-state index in [0.29, 0.717) is 31.5 Å². The Kier molecular flexibility index (Phi) is 10.1. The van der Waals surface area contributed by atoms with Gasteiger partial charge in [0.05, 0.1) is 6.61 Å². The first-order valence-electron chi connectivity index (χ1n) is 5.93. The Labute approximate surface area is 113 Å². The molecule has 0 fully saturated rings. The molecule has 0 aromatic heterocycles. The molecule has 8 heteroatoms. The van der Waals surface area contributed by atoms with Gasteiger partial charge < -0.3 is 25.2 Å². The lowest BCUT2D eigenvalue weighted by atomic mass is 10.3. The average Bonchev–Trinajstić information content (AvgIpc) is 2.33. The lowest BCUT2D eigenvalue weighted by Gasteiger charge is -2.08. The number of amides is 2. The molecule has 4 N–H and O–H groups in total. The van der Waals surface area contributed by atoms with Gasteiger partial charge >= 0.3 is 12.0 Å². The summed E-state index contributed by atoms with van der Waals surface area (Å²) in [5.74, 6) is -0.436. The van der Waals surface area contributed by atoms with Crippen LogP contribution in [0.25, 0.3) is 0 Å². The summed E-state index contributed by atoms with van der Waals surface area (Å²) in [5.41, 5.74) is 0.346. The van der Waals surface area contributed by atoms with E-state index in [1.807, 2.05) is 0 Å². The number of carbonyl (C=O) groups is 2. The van der Waals surface area contributed by atoms with Gasteiger partial charge in [0, 0.05) is 24.8 Å². The molecule has 110 valence electrons. The van der Waals surface area contributed by atoms with Gasteiger partial charge in [0.1, 0.15) is 0 Å². The SMILES string of the molecule is C=C(C)C(=O)OCCCNC(=O)NCCCP(O)O. The zero-order chi connectivity index (χ0) is 14.7. The van der Waals surface area contributed by atoms with Crippen molar-refractivity contribution >= 4 is 20.4 Å². The number of ether oxygens (including phenoxy) is 1. The minimum absolute atomic E-state index is 0.227. The summed E-state index contributed by atoms with van der Waals surface area (Å²) in [6.45, 7) is 6.02. The Morgan fingerprint density at radius 2 is 1.79 bits per heavy atom. The third kappa shape index (κ3) is 11.6. The van der Waals surface area contributed by atoms with Crippen molar-refractivity contribution < 1.29 is 24.1 Å². The van der Waals surface area contributed by atoms with Crippen LogP contribution in [0.2, 0.25) is 0 Å². The number of urea groups is 1. The third-order valence-corrected chi connectivity index (χ3v) is 2.72. The summed E-state index contributed by atoms with van der Waals surface area (Å²) >= 11 is 0.